The molecule has 0 aromatic heterocycles. The molecule has 4 nitrogen and oxygen atoms in total. The van der Waals surface area contributed by atoms with E-state index in [1.807, 2.05) is 20.8 Å². The van der Waals surface area contributed by atoms with Crippen molar-refractivity contribution in [3.63, 3.8) is 0 Å². The molecule has 0 spiro atoms. The van der Waals surface area contributed by atoms with Crippen molar-refractivity contribution >= 4 is 23.3 Å². The fourth-order valence-electron chi connectivity index (χ4n) is 2.69. The monoisotopic (exact) mass is 259 g/mol. The second kappa shape index (κ2) is 3.87. The Hall–Kier alpha value is -0.770. The van der Waals surface area contributed by atoms with Crippen molar-refractivity contribution < 1.29 is 14.4 Å². The maximum Gasteiger partial charge on any atom is 0.353 e. The number of ether oxygens (including phenoxy) is 1. The number of nitrogens with zero attached hydrogens (tertiary/aromatic N) is 1. The van der Waals surface area contributed by atoms with Crippen molar-refractivity contribution in [3.05, 3.63) is 0 Å². The third-order valence-corrected chi connectivity index (χ3v) is 4.03. The molecule has 1 saturated carbocycles. The molecule has 0 N–H and O–H groups in total. The SMILES string of the molecule is COC(=O)C12CCC(Cl)C1C(C(C)(C)C)=NO2. The third kappa shape index (κ3) is 1.73. The fourth-order valence-corrected chi connectivity index (χ4v) is 3.12. The Morgan fingerprint density at radius 1 is 1.59 bits per heavy atom. The predicted octanol–water partition coefficient (Wildman–Crippen LogP) is 2.35. The van der Waals surface area contributed by atoms with E-state index in [-0.39, 0.29) is 22.7 Å². The number of rotatable bonds is 1. The van der Waals surface area contributed by atoms with Crippen molar-refractivity contribution in [2.75, 3.05) is 7.11 Å². The molecule has 1 aliphatic heterocycles. The minimum atomic E-state index is -0.982. The van der Waals surface area contributed by atoms with Crippen molar-refractivity contribution in [2.45, 2.75) is 44.6 Å². The predicted molar refractivity (Wildman–Crippen MR) is 65.1 cm³/mol. The second-order valence-corrected chi connectivity index (χ2v) is 6.29. The van der Waals surface area contributed by atoms with Gasteiger partial charge in [-0.05, 0) is 6.42 Å². The van der Waals surface area contributed by atoms with Crippen LogP contribution in [0.3, 0.4) is 0 Å². The molecule has 0 aromatic rings. The van der Waals surface area contributed by atoms with E-state index in [1.165, 1.54) is 7.11 Å². The minimum absolute atomic E-state index is 0.116. The van der Waals surface area contributed by atoms with Crippen LogP contribution < -0.4 is 0 Å². The Morgan fingerprint density at radius 3 is 2.76 bits per heavy atom. The molecule has 0 amide bonds. The van der Waals surface area contributed by atoms with Crippen LogP contribution in [0.1, 0.15) is 33.6 Å². The summed E-state index contributed by atoms with van der Waals surface area (Å²) in [6, 6.07) is 0. The lowest BCUT2D eigenvalue weighted by Gasteiger charge is -2.28. The number of alkyl halides is 1. The second-order valence-electron chi connectivity index (χ2n) is 5.73. The highest BCUT2D eigenvalue weighted by Gasteiger charge is 2.63. The molecule has 0 bridgehead atoms. The molecule has 5 heteroatoms. The molecular formula is C12H18ClNO3. The Kier molecular flexibility index (Phi) is 2.89. The largest absolute Gasteiger partial charge is 0.466 e. The molecule has 0 aromatic carbocycles. The van der Waals surface area contributed by atoms with Gasteiger partial charge in [0, 0.05) is 17.2 Å². The Morgan fingerprint density at radius 2 is 2.24 bits per heavy atom. The molecule has 2 aliphatic rings. The van der Waals surface area contributed by atoms with Gasteiger partial charge in [0.25, 0.3) is 0 Å². The van der Waals surface area contributed by atoms with Crippen LogP contribution in [0.2, 0.25) is 0 Å². The van der Waals surface area contributed by atoms with Crippen molar-refractivity contribution in [1.82, 2.24) is 0 Å². The summed E-state index contributed by atoms with van der Waals surface area (Å²) >= 11 is 6.34. The first-order chi connectivity index (χ1) is 7.83. The minimum Gasteiger partial charge on any atom is -0.466 e. The normalized spacial score (nSPS) is 36.2. The van der Waals surface area contributed by atoms with Gasteiger partial charge in [-0.25, -0.2) is 4.79 Å². The molecule has 1 aliphatic carbocycles. The smallest absolute Gasteiger partial charge is 0.353 e. The molecule has 3 unspecified atom stereocenters. The molecule has 1 fully saturated rings. The zero-order valence-electron chi connectivity index (χ0n) is 10.6. The van der Waals surface area contributed by atoms with Gasteiger partial charge in [0.15, 0.2) is 0 Å². The number of hydrogen-bond donors (Lipinski definition) is 0. The van der Waals surface area contributed by atoms with E-state index in [2.05, 4.69) is 5.16 Å². The molecule has 3 atom stereocenters. The Bertz CT molecular complexity index is 374. The average molecular weight is 260 g/mol. The molecule has 0 radical (unpaired) electrons. The van der Waals surface area contributed by atoms with Crippen LogP contribution >= 0.6 is 11.6 Å². The lowest BCUT2D eigenvalue weighted by atomic mass is 9.76. The number of hydrogen-bond acceptors (Lipinski definition) is 4. The summed E-state index contributed by atoms with van der Waals surface area (Å²) in [5.74, 6) is -0.537. The lowest BCUT2D eigenvalue weighted by molar-refractivity contribution is -0.168. The maximum absolute atomic E-state index is 12.0. The number of fused-ring (bicyclic) bond motifs is 1. The summed E-state index contributed by atoms with van der Waals surface area (Å²) in [4.78, 5) is 17.4. The number of esters is 1. The van der Waals surface area contributed by atoms with Crippen LogP contribution in [0.25, 0.3) is 0 Å². The van der Waals surface area contributed by atoms with Gasteiger partial charge in [-0.15, -0.1) is 11.6 Å². The number of methoxy groups -OCH3 is 1. The van der Waals surface area contributed by atoms with Crippen LogP contribution in [0, 0.1) is 11.3 Å². The average Bonchev–Trinajstić information content (AvgIpc) is 2.76. The summed E-state index contributed by atoms with van der Waals surface area (Å²) in [5.41, 5.74) is -0.276. The van der Waals surface area contributed by atoms with Crippen molar-refractivity contribution in [2.24, 2.45) is 16.5 Å². The van der Waals surface area contributed by atoms with Crippen molar-refractivity contribution in [3.8, 4) is 0 Å². The number of oxime groups is 1. The van der Waals surface area contributed by atoms with Gasteiger partial charge in [-0.1, -0.05) is 25.9 Å². The van der Waals surface area contributed by atoms with E-state index < -0.39 is 5.60 Å². The quantitative estimate of drug-likeness (QED) is 0.536. The van der Waals surface area contributed by atoms with E-state index in [9.17, 15) is 4.79 Å². The zero-order chi connectivity index (χ0) is 12.8. The Balaban J connectivity index is 2.38. The van der Waals surface area contributed by atoms with Crippen LogP contribution in [0.5, 0.6) is 0 Å². The maximum atomic E-state index is 12.0. The molecule has 96 valence electrons. The Labute approximate surface area is 106 Å². The number of halogens is 1. The van der Waals surface area contributed by atoms with Crippen LogP contribution in [0.4, 0.5) is 0 Å². The molecule has 0 saturated heterocycles. The lowest BCUT2D eigenvalue weighted by Crippen LogP contribution is -2.47. The fraction of sp³-hybridized carbons (Fsp3) is 0.833. The van der Waals surface area contributed by atoms with E-state index in [1.54, 1.807) is 0 Å². The third-order valence-electron chi connectivity index (χ3n) is 3.56. The van der Waals surface area contributed by atoms with Gasteiger partial charge < -0.3 is 9.57 Å². The van der Waals surface area contributed by atoms with Crippen LogP contribution in [-0.4, -0.2) is 29.8 Å². The first-order valence-corrected chi connectivity index (χ1v) is 6.25. The topological polar surface area (TPSA) is 47.9 Å². The first kappa shape index (κ1) is 12.7. The highest BCUT2D eigenvalue weighted by Crippen LogP contribution is 2.50. The van der Waals surface area contributed by atoms with Gasteiger partial charge in [-0.3, -0.25) is 0 Å². The van der Waals surface area contributed by atoms with Gasteiger partial charge in [0.2, 0.25) is 5.60 Å². The van der Waals surface area contributed by atoms with E-state index in [0.717, 1.165) is 12.1 Å². The van der Waals surface area contributed by atoms with Crippen molar-refractivity contribution in [1.29, 1.82) is 0 Å². The molecule has 1 heterocycles. The molecule has 17 heavy (non-hydrogen) atoms. The summed E-state index contributed by atoms with van der Waals surface area (Å²) in [6.07, 6.45) is 1.32. The highest BCUT2D eigenvalue weighted by atomic mass is 35.5. The summed E-state index contributed by atoms with van der Waals surface area (Å²) in [7, 11) is 1.37. The van der Waals surface area contributed by atoms with Crippen LogP contribution in [-0.2, 0) is 14.4 Å². The van der Waals surface area contributed by atoms with Crippen LogP contribution in [0.15, 0.2) is 5.16 Å². The highest BCUT2D eigenvalue weighted by molar-refractivity contribution is 6.24. The first-order valence-electron chi connectivity index (χ1n) is 5.82. The standard InChI is InChI=1S/C12H18ClNO3/c1-11(2,3)9-8-7(13)5-6-12(8,17-14-9)10(15)16-4/h7-8H,5-6H2,1-4H3. The van der Waals surface area contributed by atoms with Gasteiger partial charge in [0.05, 0.1) is 18.7 Å². The number of carbonyl (C=O) groups is 1. The van der Waals surface area contributed by atoms with Gasteiger partial charge >= 0.3 is 5.97 Å². The summed E-state index contributed by atoms with van der Waals surface area (Å²) < 4.78 is 4.85. The molecule has 2 rings (SSSR count). The van der Waals surface area contributed by atoms with E-state index >= 15 is 0 Å². The van der Waals surface area contributed by atoms with E-state index in [0.29, 0.717) is 6.42 Å². The summed E-state index contributed by atoms with van der Waals surface area (Å²) in [5, 5.41) is 4.00. The van der Waals surface area contributed by atoms with E-state index in [4.69, 9.17) is 21.2 Å². The number of carbonyl (C=O) groups excluding carboxylic acids is 1. The molecular weight excluding hydrogens is 242 g/mol. The van der Waals surface area contributed by atoms with Gasteiger partial charge in [-0.2, -0.15) is 0 Å². The summed E-state index contributed by atoms with van der Waals surface area (Å²) in [6.45, 7) is 6.14. The van der Waals surface area contributed by atoms with Gasteiger partial charge in [0.1, 0.15) is 0 Å². The zero-order valence-corrected chi connectivity index (χ0v) is 11.4.